The third-order valence-electron chi connectivity index (χ3n) is 6.69. The van der Waals surface area contributed by atoms with Gasteiger partial charge in [-0.2, -0.15) is 10.2 Å². The third-order valence-corrected chi connectivity index (χ3v) is 8.28. The highest BCUT2D eigenvalue weighted by Crippen LogP contribution is 3.02. The molecule has 0 bridgehead atoms. The number of carbonyl (C=O) groups excluding carboxylic acids is 2. The SMILES string of the molecule is CCC1C(=NC(=O)C2=CC=NN3CN(CC(=O)c4cc(OC)cc(S(F)(F)(F)(F)F)c4)N=C23)CCC(Cl)N1CC. The quantitative estimate of drug-likeness (QED) is 0.161. The molecule has 0 spiro atoms. The second kappa shape index (κ2) is 10.1. The summed E-state index contributed by atoms with van der Waals surface area (Å²) in [6.07, 6.45) is 4.69. The normalized spacial score (nSPS) is 24.3. The number of fused-ring (bicyclic) bond motifs is 1. The summed E-state index contributed by atoms with van der Waals surface area (Å²) in [6, 6.07) is 1.09. The maximum absolute atomic E-state index is 13.4. The Balaban J connectivity index is 1.55. The fraction of sp³-hybridized carbons (Fsp3) is 0.458. The molecule has 0 aliphatic carbocycles. The van der Waals surface area contributed by atoms with Gasteiger partial charge < -0.3 is 4.74 Å². The van der Waals surface area contributed by atoms with Crippen molar-refractivity contribution in [2.24, 2.45) is 15.2 Å². The van der Waals surface area contributed by atoms with Crippen LogP contribution in [-0.2, 0) is 4.79 Å². The van der Waals surface area contributed by atoms with Gasteiger partial charge in [-0.25, -0.2) is 10.0 Å². The van der Waals surface area contributed by atoms with Crippen LogP contribution in [0.1, 0.15) is 43.5 Å². The number of piperidine rings is 1. The number of amides is 1. The number of halogens is 6. The average molecular weight is 611 g/mol. The van der Waals surface area contributed by atoms with Gasteiger partial charge in [-0.15, -0.1) is 11.6 Å². The predicted molar refractivity (Wildman–Crippen MR) is 144 cm³/mol. The minimum atomic E-state index is -10.1. The molecular weight excluding hydrogens is 583 g/mol. The summed E-state index contributed by atoms with van der Waals surface area (Å²) in [6.45, 7) is 3.97. The predicted octanol–water partition coefficient (Wildman–Crippen LogP) is 5.78. The van der Waals surface area contributed by atoms with Crippen molar-refractivity contribution in [3.05, 3.63) is 35.4 Å². The number of Topliss-reactive ketones (excluding diaryl/α,β-unsaturated/α-hetero) is 1. The number of carbonyl (C=O) groups is 2. The Labute approximate surface area is 232 Å². The van der Waals surface area contributed by atoms with Crippen molar-refractivity contribution >= 4 is 51.3 Å². The minimum absolute atomic E-state index is 0.0993. The second-order valence-corrected chi connectivity index (χ2v) is 12.3. The number of allylic oxidation sites excluding steroid dienone is 1. The van der Waals surface area contributed by atoms with Crippen LogP contribution in [0.4, 0.5) is 19.4 Å². The van der Waals surface area contributed by atoms with E-state index in [4.69, 9.17) is 16.3 Å². The maximum atomic E-state index is 13.4. The van der Waals surface area contributed by atoms with Gasteiger partial charge >= 0.3 is 10.2 Å². The summed E-state index contributed by atoms with van der Waals surface area (Å²) in [5.74, 6) is -1.92. The summed E-state index contributed by atoms with van der Waals surface area (Å²) >= 11 is 6.44. The van der Waals surface area contributed by atoms with Gasteiger partial charge in [-0.3, -0.25) is 19.5 Å². The molecule has 1 aromatic carbocycles. The van der Waals surface area contributed by atoms with Crippen molar-refractivity contribution < 1.29 is 33.8 Å². The largest absolute Gasteiger partial charge is 0.497 e. The van der Waals surface area contributed by atoms with Gasteiger partial charge in [0.2, 0.25) is 0 Å². The van der Waals surface area contributed by atoms with E-state index in [-0.39, 0.29) is 41.8 Å². The molecule has 1 saturated heterocycles. The molecule has 220 valence electrons. The summed E-state index contributed by atoms with van der Waals surface area (Å²) < 4.78 is 71.9. The van der Waals surface area contributed by atoms with Crippen molar-refractivity contribution in [1.82, 2.24) is 14.9 Å². The van der Waals surface area contributed by atoms with Gasteiger partial charge in [0.05, 0.1) is 18.2 Å². The fourth-order valence-corrected chi connectivity index (χ4v) is 5.84. The van der Waals surface area contributed by atoms with Gasteiger partial charge in [0.15, 0.2) is 11.6 Å². The lowest BCUT2D eigenvalue weighted by Gasteiger charge is -2.40. The van der Waals surface area contributed by atoms with Crippen LogP contribution in [-0.4, -0.2) is 82.8 Å². The average Bonchev–Trinajstić information content (AvgIpc) is 3.30. The zero-order valence-electron chi connectivity index (χ0n) is 21.9. The lowest BCUT2D eigenvalue weighted by molar-refractivity contribution is -0.114. The maximum Gasteiger partial charge on any atom is 0.310 e. The Morgan fingerprint density at radius 1 is 1.18 bits per heavy atom. The molecule has 1 amide bonds. The molecule has 0 aromatic heterocycles. The number of hydrogen-bond donors (Lipinski definition) is 0. The number of alkyl halides is 1. The highest BCUT2D eigenvalue weighted by atomic mass is 35.5. The van der Waals surface area contributed by atoms with E-state index in [1.54, 1.807) is 0 Å². The van der Waals surface area contributed by atoms with Crippen LogP contribution in [0.15, 0.2) is 49.9 Å². The van der Waals surface area contributed by atoms with Gasteiger partial charge in [-0.1, -0.05) is 33.3 Å². The van der Waals surface area contributed by atoms with Crippen molar-refractivity contribution in [2.75, 3.05) is 26.9 Å². The molecule has 0 saturated carbocycles. The first-order chi connectivity index (χ1) is 18.5. The highest BCUT2D eigenvalue weighted by Gasteiger charge is 2.65. The Morgan fingerprint density at radius 3 is 2.52 bits per heavy atom. The Morgan fingerprint density at radius 2 is 1.90 bits per heavy atom. The third kappa shape index (κ3) is 6.31. The number of methoxy groups -OCH3 is 1. The summed E-state index contributed by atoms with van der Waals surface area (Å²) in [7, 11) is -9.08. The lowest BCUT2D eigenvalue weighted by Crippen LogP contribution is -2.49. The zero-order valence-corrected chi connectivity index (χ0v) is 23.4. The molecule has 0 radical (unpaired) electrons. The Bertz CT molecular complexity index is 1350. The zero-order chi connectivity index (χ0) is 29.5. The van der Waals surface area contributed by atoms with Gasteiger partial charge in [0, 0.05) is 29.6 Å². The van der Waals surface area contributed by atoms with Crippen molar-refractivity contribution in [3.8, 4) is 5.75 Å². The molecule has 3 heterocycles. The van der Waals surface area contributed by atoms with E-state index in [9.17, 15) is 29.0 Å². The van der Waals surface area contributed by atoms with Gasteiger partial charge in [0.1, 0.15) is 23.9 Å². The first kappa shape index (κ1) is 29.9. The molecule has 9 nitrogen and oxygen atoms in total. The number of benzene rings is 1. The van der Waals surface area contributed by atoms with E-state index in [1.165, 1.54) is 22.3 Å². The number of hydrogen-bond acceptors (Lipinski definition) is 8. The molecule has 16 heteroatoms. The lowest BCUT2D eigenvalue weighted by atomic mass is 9.97. The second-order valence-electron chi connectivity index (χ2n) is 9.40. The summed E-state index contributed by atoms with van der Waals surface area (Å²) in [5, 5.41) is 10.9. The van der Waals surface area contributed by atoms with E-state index < -0.39 is 44.7 Å². The van der Waals surface area contributed by atoms with Crippen LogP contribution in [0, 0.1) is 0 Å². The molecule has 40 heavy (non-hydrogen) atoms. The molecule has 0 N–H and O–H groups in total. The van der Waals surface area contributed by atoms with Crippen molar-refractivity contribution in [1.29, 1.82) is 0 Å². The van der Waals surface area contributed by atoms with Crippen molar-refractivity contribution in [3.63, 3.8) is 0 Å². The smallest absolute Gasteiger partial charge is 0.310 e. The number of rotatable bonds is 8. The minimum Gasteiger partial charge on any atom is -0.497 e. The van der Waals surface area contributed by atoms with E-state index in [0.717, 1.165) is 13.2 Å². The van der Waals surface area contributed by atoms with E-state index >= 15 is 0 Å². The molecule has 3 aliphatic heterocycles. The fourth-order valence-electron chi connectivity index (χ4n) is 4.76. The molecule has 1 fully saturated rings. The topological polar surface area (TPSA) is 90.2 Å². The van der Waals surface area contributed by atoms with E-state index in [2.05, 4.69) is 20.1 Å². The number of hydrazone groups is 2. The molecule has 3 aliphatic rings. The molecule has 2 atom stereocenters. The van der Waals surface area contributed by atoms with Crippen molar-refractivity contribution in [2.45, 2.75) is 49.5 Å². The highest BCUT2D eigenvalue weighted by molar-refractivity contribution is 8.45. The Kier molecular flexibility index (Phi) is 7.56. The van der Waals surface area contributed by atoms with E-state index in [1.807, 2.05) is 13.8 Å². The number of likely N-dealkylation sites (tertiary alicyclic amines) is 1. The first-order valence-electron chi connectivity index (χ1n) is 12.4. The van der Waals surface area contributed by atoms with Gasteiger partial charge in [0.25, 0.3) is 5.91 Å². The number of amidine groups is 1. The first-order valence-corrected chi connectivity index (χ1v) is 14.8. The summed E-state index contributed by atoms with van der Waals surface area (Å²) in [4.78, 5) is 30.3. The van der Waals surface area contributed by atoms with Crippen LogP contribution in [0.25, 0.3) is 0 Å². The molecular formula is C24H28ClF5N6O3S. The monoisotopic (exact) mass is 610 g/mol. The molecule has 2 unspecified atom stereocenters. The summed E-state index contributed by atoms with van der Waals surface area (Å²) in [5.41, 5.74) is 0.0310. The number of ether oxygens (including phenoxy) is 1. The van der Waals surface area contributed by atoms with Crippen LogP contribution in [0.5, 0.6) is 5.75 Å². The van der Waals surface area contributed by atoms with E-state index in [0.29, 0.717) is 31.5 Å². The molecule has 1 aromatic rings. The Hall–Kier alpha value is -3.04. The number of nitrogens with zero attached hydrogens (tertiary/aromatic N) is 6. The van der Waals surface area contributed by atoms with Gasteiger partial charge in [-0.05, 0) is 44.0 Å². The van der Waals surface area contributed by atoms with Crippen LogP contribution in [0.2, 0.25) is 0 Å². The van der Waals surface area contributed by atoms with Crippen LogP contribution >= 0.6 is 21.8 Å². The number of ketones is 1. The number of aliphatic imine (C=N–C) groups is 1. The van der Waals surface area contributed by atoms with Crippen LogP contribution in [0.3, 0.4) is 0 Å². The standard InChI is InChI=1S/C24H28ClF5N6O3S/c1-4-20-19(6-7-22(25)35(20)5-2)32-24(38)18-8-9-31-36-14-34(33-23(18)36)13-21(37)15-10-16(39-3)12-17(11-15)40(26,27,28,29)30/h8-12,20,22H,4-7,13-14H2,1-3H3. The molecule has 4 rings (SSSR count). The van der Waals surface area contributed by atoms with Crippen LogP contribution < -0.4 is 4.74 Å².